The zero-order valence-electron chi connectivity index (χ0n) is 10.5. The highest BCUT2D eigenvalue weighted by Crippen LogP contribution is 2.19. The Bertz CT molecular complexity index is 688. The molecule has 1 N–H and O–H groups in total. The third kappa shape index (κ3) is 2.94. The van der Waals surface area contributed by atoms with Crippen LogP contribution < -0.4 is 5.32 Å². The smallest absolute Gasteiger partial charge is 0.305 e. The van der Waals surface area contributed by atoms with Gasteiger partial charge in [0, 0.05) is 17.8 Å². The van der Waals surface area contributed by atoms with Crippen molar-refractivity contribution in [1.29, 1.82) is 0 Å². The molecule has 1 heterocycles. The summed E-state index contributed by atoms with van der Waals surface area (Å²) in [6, 6.07) is 4.67. The Labute approximate surface area is 113 Å². The molecule has 0 aliphatic carbocycles. The van der Waals surface area contributed by atoms with Crippen molar-refractivity contribution in [2.45, 2.75) is 6.92 Å². The largest absolute Gasteiger partial charge is 0.321 e. The summed E-state index contributed by atoms with van der Waals surface area (Å²) < 4.78 is 13.2. The summed E-state index contributed by atoms with van der Waals surface area (Å²) in [5.74, 6) is -1.55. The fraction of sp³-hybridized carbons (Fsp3) is 0.0769. The molecule has 2 rings (SSSR count). The summed E-state index contributed by atoms with van der Waals surface area (Å²) >= 11 is 0. The molecule has 0 saturated heterocycles. The second-order valence-corrected chi connectivity index (χ2v) is 4.13. The van der Waals surface area contributed by atoms with Gasteiger partial charge in [0.25, 0.3) is 5.91 Å². The van der Waals surface area contributed by atoms with Crippen LogP contribution in [-0.2, 0) is 0 Å². The third-order valence-electron chi connectivity index (χ3n) is 2.54. The van der Waals surface area contributed by atoms with Crippen molar-refractivity contribution in [2.24, 2.45) is 0 Å². The first kappa shape index (κ1) is 13.6. The molecule has 0 spiro atoms. The number of nitro benzene ring substituents is 1. The number of halogens is 1. The van der Waals surface area contributed by atoms with Gasteiger partial charge in [-0.3, -0.25) is 19.9 Å². The molecule has 1 aromatic carbocycles. The molecule has 20 heavy (non-hydrogen) atoms. The second-order valence-electron chi connectivity index (χ2n) is 4.13. The fourth-order valence-corrected chi connectivity index (χ4v) is 1.62. The number of pyridine rings is 1. The van der Waals surface area contributed by atoms with Gasteiger partial charge in [-0.25, -0.2) is 0 Å². The van der Waals surface area contributed by atoms with Gasteiger partial charge in [0.2, 0.25) is 5.82 Å². The number of benzene rings is 1. The second kappa shape index (κ2) is 5.43. The molecule has 0 aliphatic heterocycles. The van der Waals surface area contributed by atoms with Crippen molar-refractivity contribution < 1.29 is 14.1 Å². The van der Waals surface area contributed by atoms with Crippen LogP contribution in [0.3, 0.4) is 0 Å². The normalized spacial score (nSPS) is 10.1. The van der Waals surface area contributed by atoms with Crippen LogP contribution in [0.2, 0.25) is 0 Å². The number of rotatable bonds is 3. The van der Waals surface area contributed by atoms with E-state index in [1.54, 1.807) is 12.3 Å². The summed E-state index contributed by atoms with van der Waals surface area (Å²) in [7, 11) is 0. The molecule has 0 bridgehead atoms. The van der Waals surface area contributed by atoms with E-state index in [-0.39, 0.29) is 5.56 Å². The minimum absolute atomic E-state index is 0.000365. The maximum atomic E-state index is 13.2. The maximum absolute atomic E-state index is 13.2. The van der Waals surface area contributed by atoms with Gasteiger partial charge in [0.05, 0.1) is 16.8 Å². The zero-order valence-corrected chi connectivity index (χ0v) is 10.5. The summed E-state index contributed by atoms with van der Waals surface area (Å²) in [5.41, 5.74) is 0.578. The molecule has 0 unspecified atom stereocenters. The summed E-state index contributed by atoms with van der Waals surface area (Å²) in [6.07, 6.45) is 3.07. The Morgan fingerprint density at radius 2 is 2.10 bits per heavy atom. The average molecular weight is 275 g/mol. The quantitative estimate of drug-likeness (QED) is 0.689. The maximum Gasteiger partial charge on any atom is 0.305 e. The van der Waals surface area contributed by atoms with Crippen LogP contribution in [0.15, 0.2) is 36.7 Å². The van der Waals surface area contributed by atoms with E-state index in [1.807, 2.05) is 6.92 Å². The fourth-order valence-electron chi connectivity index (χ4n) is 1.62. The molecule has 6 nitrogen and oxygen atoms in total. The summed E-state index contributed by atoms with van der Waals surface area (Å²) in [6.45, 7) is 1.81. The average Bonchev–Trinajstić information content (AvgIpc) is 2.38. The van der Waals surface area contributed by atoms with Crippen molar-refractivity contribution in [3.05, 3.63) is 63.7 Å². The lowest BCUT2D eigenvalue weighted by molar-refractivity contribution is -0.387. The predicted molar refractivity (Wildman–Crippen MR) is 70.0 cm³/mol. The number of aryl methyl sites for hydroxylation is 1. The Morgan fingerprint density at radius 1 is 1.35 bits per heavy atom. The molecular weight excluding hydrogens is 265 g/mol. The lowest BCUT2D eigenvalue weighted by atomic mass is 10.1. The van der Waals surface area contributed by atoms with Gasteiger partial charge in [-0.2, -0.15) is 4.39 Å². The number of hydrogen-bond acceptors (Lipinski definition) is 4. The molecule has 0 saturated carbocycles. The van der Waals surface area contributed by atoms with Crippen LogP contribution in [0.25, 0.3) is 0 Å². The summed E-state index contributed by atoms with van der Waals surface area (Å²) in [5, 5.41) is 13.2. The highest BCUT2D eigenvalue weighted by atomic mass is 19.1. The van der Waals surface area contributed by atoms with Crippen molar-refractivity contribution in [3.63, 3.8) is 0 Å². The van der Waals surface area contributed by atoms with E-state index in [1.165, 1.54) is 12.3 Å². The van der Waals surface area contributed by atoms with Gasteiger partial charge < -0.3 is 5.32 Å². The molecule has 1 aromatic heterocycles. The van der Waals surface area contributed by atoms with E-state index in [0.29, 0.717) is 5.69 Å². The molecular formula is C13H10FN3O3. The molecule has 0 aliphatic rings. The standard InChI is InChI=1S/C13H10FN3O3/c1-8-4-10(7-15-6-8)16-13(18)9-2-3-11(14)12(5-9)17(19)20/h2-7H,1H3,(H,16,18). The Hall–Kier alpha value is -2.83. The number of amides is 1. The van der Waals surface area contributed by atoms with E-state index in [4.69, 9.17) is 0 Å². The Balaban J connectivity index is 2.26. The highest BCUT2D eigenvalue weighted by Gasteiger charge is 2.17. The van der Waals surface area contributed by atoms with E-state index in [0.717, 1.165) is 17.7 Å². The van der Waals surface area contributed by atoms with Crippen LogP contribution in [0.4, 0.5) is 15.8 Å². The van der Waals surface area contributed by atoms with E-state index in [9.17, 15) is 19.3 Å². The van der Waals surface area contributed by atoms with Crippen LogP contribution in [0.5, 0.6) is 0 Å². The van der Waals surface area contributed by atoms with Crippen LogP contribution in [0, 0.1) is 22.9 Å². The number of anilines is 1. The molecule has 2 aromatic rings. The van der Waals surface area contributed by atoms with E-state index < -0.39 is 22.3 Å². The van der Waals surface area contributed by atoms with E-state index >= 15 is 0 Å². The SMILES string of the molecule is Cc1cncc(NC(=O)c2ccc(F)c([N+](=O)[O-])c2)c1. The lowest BCUT2D eigenvalue weighted by Crippen LogP contribution is -2.12. The van der Waals surface area contributed by atoms with Gasteiger partial charge in [0.15, 0.2) is 0 Å². The predicted octanol–water partition coefficient (Wildman–Crippen LogP) is 2.69. The van der Waals surface area contributed by atoms with Crippen LogP contribution >= 0.6 is 0 Å². The Kier molecular flexibility index (Phi) is 3.69. The van der Waals surface area contributed by atoms with Gasteiger partial charge in [-0.05, 0) is 30.7 Å². The number of hydrogen-bond donors (Lipinski definition) is 1. The lowest BCUT2D eigenvalue weighted by Gasteiger charge is -2.05. The van der Waals surface area contributed by atoms with Gasteiger partial charge in [-0.15, -0.1) is 0 Å². The van der Waals surface area contributed by atoms with Crippen molar-refractivity contribution in [1.82, 2.24) is 4.98 Å². The molecule has 0 atom stereocenters. The minimum Gasteiger partial charge on any atom is -0.321 e. The van der Waals surface area contributed by atoms with Gasteiger partial charge in [0.1, 0.15) is 0 Å². The number of nitro groups is 1. The highest BCUT2D eigenvalue weighted by molar-refractivity contribution is 6.04. The number of carbonyl (C=O) groups excluding carboxylic acids is 1. The third-order valence-corrected chi connectivity index (χ3v) is 2.54. The zero-order chi connectivity index (χ0) is 14.7. The number of aromatic nitrogens is 1. The van der Waals surface area contributed by atoms with Gasteiger partial charge >= 0.3 is 5.69 Å². The van der Waals surface area contributed by atoms with Crippen molar-refractivity contribution in [3.8, 4) is 0 Å². The first-order chi connectivity index (χ1) is 9.47. The monoisotopic (exact) mass is 275 g/mol. The first-order valence-electron chi connectivity index (χ1n) is 5.64. The first-order valence-corrected chi connectivity index (χ1v) is 5.64. The minimum atomic E-state index is -0.983. The molecule has 0 fully saturated rings. The molecule has 1 amide bonds. The number of carbonyl (C=O) groups is 1. The van der Waals surface area contributed by atoms with Crippen LogP contribution in [0.1, 0.15) is 15.9 Å². The van der Waals surface area contributed by atoms with Gasteiger partial charge in [-0.1, -0.05) is 0 Å². The Morgan fingerprint density at radius 3 is 2.75 bits per heavy atom. The molecule has 0 radical (unpaired) electrons. The van der Waals surface area contributed by atoms with Crippen molar-refractivity contribution in [2.75, 3.05) is 5.32 Å². The summed E-state index contributed by atoms with van der Waals surface area (Å²) in [4.78, 5) is 25.6. The number of nitrogens with zero attached hydrogens (tertiary/aromatic N) is 2. The van der Waals surface area contributed by atoms with Crippen molar-refractivity contribution >= 4 is 17.3 Å². The molecule has 7 heteroatoms. The van der Waals surface area contributed by atoms with Crippen LogP contribution in [-0.4, -0.2) is 15.8 Å². The topological polar surface area (TPSA) is 85.1 Å². The van der Waals surface area contributed by atoms with E-state index in [2.05, 4.69) is 10.3 Å². The number of nitrogens with one attached hydrogen (secondary N) is 1. The molecule has 102 valence electrons.